The molecule has 0 saturated carbocycles. The Morgan fingerprint density at radius 1 is 1.17 bits per heavy atom. The number of carbonyl (C=O) groups is 1. The molecule has 2 aromatic heterocycles. The lowest BCUT2D eigenvalue weighted by Crippen LogP contribution is -2.49. The Labute approximate surface area is 134 Å². The van der Waals surface area contributed by atoms with E-state index in [2.05, 4.69) is 9.97 Å². The third-order valence-corrected chi connectivity index (χ3v) is 4.37. The van der Waals surface area contributed by atoms with Crippen LogP contribution < -0.4 is 4.90 Å². The minimum Gasteiger partial charge on any atom is -0.337 e. The van der Waals surface area contributed by atoms with Crippen LogP contribution in [0.5, 0.6) is 0 Å². The first-order valence-corrected chi connectivity index (χ1v) is 7.81. The van der Waals surface area contributed by atoms with Crippen LogP contribution in [0.15, 0.2) is 29.8 Å². The average Bonchev–Trinajstić information content (AvgIpc) is 3.08. The fourth-order valence-electron chi connectivity index (χ4n) is 2.32. The summed E-state index contributed by atoms with van der Waals surface area (Å²) in [7, 11) is 0. The molecule has 1 amide bonds. The van der Waals surface area contributed by atoms with Crippen LogP contribution in [0, 0.1) is 0 Å². The molecule has 122 valence electrons. The highest BCUT2D eigenvalue weighted by Gasteiger charge is 2.33. The van der Waals surface area contributed by atoms with E-state index >= 15 is 0 Å². The molecule has 2 aromatic rings. The van der Waals surface area contributed by atoms with E-state index in [1.165, 1.54) is 11.3 Å². The van der Waals surface area contributed by atoms with E-state index in [9.17, 15) is 18.0 Å². The zero-order valence-electron chi connectivity index (χ0n) is 12.0. The van der Waals surface area contributed by atoms with Crippen molar-refractivity contribution >= 4 is 23.2 Å². The van der Waals surface area contributed by atoms with Crippen molar-refractivity contribution in [2.45, 2.75) is 6.18 Å². The number of amides is 1. The molecule has 5 nitrogen and oxygen atoms in total. The SMILES string of the molecule is O=C(c1cccs1)N1CCN(c2nccc(C(F)(F)F)n2)CC1. The minimum atomic E-state index is -4.49. The lowest BCUT2D eigenvalue weighted by Gasteiger charge is -2.34. The van der Waals surface area contributed by atoms with E-state index in [1.807, 2.05) is 11.4 Å². The van der Waals surface area contributed by atoms with Crippen molar-refractivity contribution in [2.24, 2.45) is 0 Å². The second kappa shape index (κ2) is 6.15. The van der Waals surface area contributed by atoms with Crippen molar-refractivity contribution < 1.29 is 18.0 Å². The number of carbonyl (C=O) groups excluding carboxylic acids is 1. The monoisotopic (exact) mass is 342 g/mol. The predicted molar refractivity (Wildman–Crippen MR) is 79.5 cm³/mol. The number of nitrogens with zero attached hydrogens (tertiary/aromatic N) is 4. The number of piperazine rings is 1. The second-order valence-electron chi connectivity index (χ2n) is 5.00. The van der Waals surface area contributed by atoms with Crippen LogP contribution in [0.3, 0.4) is 0 Å². The molecule has 9 heteroatoms. The number of hydrogen-bond acceptors (Lipinski definition) is 5. The Bertz CT molecular complexity index is 682. The quantitative estimate of drug-likeness (QED) is 0.841. The van der Waals surface area contributed by atoms with Crippen LogP contribution in [0.25, 0.3) is 0 Å². The highest BCUT2D eigenvalue weighted by molar-refractivity contribution is 7.12. The van der Waals surface area contributed by atoms with E-state index in [0.29, 0.717) is 31.1 Å². The van der Waals surface area contributed by atoms with Gasteiger partial charge < -0.3 is 9.80 Å². The Balaban J connectivity index is 1.66. The van der Waals surface area contributed by atoms with E-state index in [0.717, 1.165) is 12.3 Å². The predicted octanol–water partition coefficient (Wildman–Crippen LogP) is 2.52. The van der Waals surface area contributed by atoms with Gasteiger partial charge in [0.25, 0.3) is 5.91 Å². The molecular formula is C14H13F3N4OS. The van der Waals surface area contributed by atoms with Crippen molar-refractivity contribution in [2.75, 3.05) is 31.1 Å². The summed E-state index contributed by atoms with van der Waals surface area (Å²) in [4.78, 5) is 23.7. The third-order valence-electron chi connectivity index (χ3n) is 3.51. The fraction of sp³-hybridized carbons (Fsp3) is 0.357. The van der Waals surface area contributed by atoms with Gasteiger partial charge in [0.15, 0.2) is 0 Å². The third kappa shape index (κ3) is 3.44. The van der Waals surface area contributed by atoms with Crippen LogP contribution in [0.1, 0.15) is 15.4 Å². The number of anilines is 1. The first-order chi connectivity index (χ1) is 10.9. The summed E-state index contributed by atoms with van der Waals surface area (Å²) in [6.45, 7) is 1.66. The van der Waals surface area contributed by atoms with Crippen molar-refractivity contribution in [3.63, 3.8) is 0 Å². The first kappa shape index (κ1) is 15.7. The van der Waals surface area contributed by atoms with Gasteiger partial charge in [-0.25, -0.2) is 9.97 Å². The van der Waals surface area contributed by atoms with Gasteiger partial charge in [-0.3, -0.25) is 4.79 Å². The van der Waals surface area contributed by atoms with Crippen LogP contribution in [-0.4, -0.2) is 47.0 Å². The largest absolute Gasteiger partial charge is 0.433 e. The van der Waals surface area contributed by atoms with Crippen molar-refractivity contribution in [3.8, 4) is 0 Å². The van der Waals surface area contributed by atoms with E-state index in [1.54, 1.807) is 15.9 Å². The van der Waals surface area contributed by atoms with Gasteiger partial charge in [-0.15, -0.1) is 11.3 Å². The molecule has 0 atom stereocenters. The summed E-state index contributed by atoms with van der Waals surface area (Å²) in [6, 6.07) is 4.42. The number of alkyl halides is 3. The van der Waals surface area contributed by atoms with Crippen molar-refractivity contribution in [1.29, 1.82) is 0 Å². The Morgan fingerprint density at radius 2 is 1.91 bits per heavy atom. The van der Waals surface area contributed by atoms with Gasteiger partial charge in [0.1, 0.15) is 5.69 Å². The molecule has 0 unspecified atom stereocenters. The molecule has 0 aliphatic carbocycles. The number of hydrogen-bond donors (Lipinski definition) is 0. The summed E-state index contributed by atoms with van der Waals surface area (Å²) in [5.41, 5.74) is -0.959. The molecule has 1 aliphatic rings. The smallest absolute Gasteiger partial charge is 0.337 e. The molecule has 1 fully saturated rings. The van der Waals surface area contributed by atoms with Gasteiger partial charge >= 0.3 is 6.18 Å². The Hall–Kier alpha value is -2.16. The highest BCUT2D eigenvalue weighted by atomic mass is 32.1. The van der Waals surface area contributed by atoms with Crippen LogP contribution in [0.4, 0.5) is 19.1 Å². The normalized spacial score (nSPS) is 15.8. The van der Waals surface area contributed by atoms with Gasteiger partial charge in [-0.2, -0.15) is 13.2 Å². The molecule has 0 N–H and O–H groups in total. The number of aromatic nitrogens is 2. The van der Waals surface area contributed by atoms with Gasteiger partial charge in [0.05, 0.1) is 4.88 Å². The maximum atomic E-state index is 12.7. The molecule has 0 bridgehead atoms. The maximum absolute atomic E-state index is 12.7. The summed E-state index contributed by atoms with van der Waals surface area (Å²) in [6.07, 6.45) is -3.39. The molecule has 0 aromatic carbocycles. The zero-order valence-corrected chi connectivity index (χ0v) is 12.8. The number of halogens is 3. The summed E-state index contributed by atoms with van der Waals surface area (Å²) in [5.74, 6) is -0.00680. The summed E-state index contributed by atoms with van der Waals surface area (Å²) in [5, 5.41) is 1.83. The van der Waals surface area contributed by atoms with Gasteiger partial charge in [0.2, 0.25) is 5.95 Å². The standard InChI is InChI=1S/C14H13F3N4OS/c15-14(16,17)11-3-4-18-13(19-11)21-7-5-20(6-8-21)12(22)10-2-1-9-23-10/h1-4,9H,5-8H2. The van der Waals surface area contributed by atoms with Gasteiger partial charge in [-0.1, -0.05) is 6.07 Å². The lowest BCUT2D eigenvalue weighted by molar-refractivity contribution is -0.141. The number of rotatable bonds is 2. The Morgan fingerprint density at radius 3 is 2.52 bits per heavy atom. The summed E-state index contributed by atoms with van der Waals surface area (Å²) < 4.78 is 38.1. The molecule has 1 saturated heterocycles. The molecule has 1 aliphatic heterocycles. The molecule has 3 heterocycles. The molecular weight excluding hydrogens is 329 g/mol. The minimum absolute atomic E-state index is 0.0445. The first-order valence-electron chi connectivity index (χ1n) is 6.93. The zero-order chi connectivity index (χ0) is 16.4. The number of thiophene rings is 1. The summed E-state index contributed by atoms with van der Waals surface area (Å²) >= 11 is 1.37. The van der Waals surface area contributed by atoms with Crippen molar-refractivity contribution in [1.82, 2.24) is 14.9 Å². The van der Waals surface area contributed by atoms with Crippen LogP contribution in [-0.2, 0) is 6.18 Å². The van der Waals surface area contributed by atoms with Gasteiger partial charge in [0, 0.05) is 32.4 Å². The molecule has 0 spiro atoms. The maximum Gasteiger partial charge on any atom is 0.433 e. The van der Waals surface area contributed by atoms with Crippen LogP contribution in [0.2, 0.25) is 0 Å². The highest BCUT2D eigenvalue weighted by Crippen LogP contribution is 2.28. The van der Waals surface area contributed by atoms with Crippen molar-refractivity contribution in [3.05, 3.63) is 40.3 Å². The van der Waals surface area contributed by atoms with Crippen LogP contribution >= 0.6 is 11.3 Å². The van der Waals surface area contributed by atoms with Gasteiger partial charge in [-0.05, 0) is 17.5 Å². The fourth-order valence-corrected chi connectivity index (χ4v) is 3.02. The lowest BCUT2D eigenvalue weighted by atomic mass is 10.3. The molecule has 23 heavy (non-hydrogen) atoms. The molecule has 3 rings (SSSR count). The topological polar surface area (TPSA) is 49.3 Å². The molecule has 0 radical (unpaired) electrons. The van der Waals surface area contributed by atoms with E-state index < -0.39 is 11.9 Å². The van der Waals surface area contributed by atoms with E-state index in [4.69, 9.17) is 0 Å². The van der Waals surface area contributed by atoms with E-state index in [-0.39, 0.29) is 11.9 Å². The average molecular weight is 342 g/mol. The second-order valence-corrected chi connectivity index (χ2v) is 5.94. The Kier molecular flexibility index (Phi) is 4.20.